The van der Waals surface area contributed by atoms with E-state index in [2.05, 4.69) is 54.1 Å². The number of anilines is 1. The largest absolute Gasteiger partial charge is 0.490 e. The number of benzene rings is 2. The van der Waals surface area contributed by atoms with Crippen molar-refractivity contribution in [2.24, 2.45) is 34.6 Å². The number of ether oxygens (including phenoxy) is 4. The molecule has 3 aromatic rings. The summed E-state index contributed by atoms with van der Waals surface area (Å²) in [4.78, 5) is 35.5. The number of amides is 2. The van der Waals surface area contributed by atoms with Gasteiger partial charge in [-0.25, -0.2) is 4.21 Å². The summed E-state index contributed by atoms with van der Waals surface area (Å²) < 4.78 is 48.7. The molecule has 2 aromatic carbocycles. The first-order chi connectivity index (χ1) is 29.8. The van der Waals surface area contributed by atoms with Crippen LogP contribution in [0.3, 0.4) is 0 Å². The van der Waals surface area contributed by atoms with Crippen molar-refractivity contribution in [3.8, 4) is 11.6 Å². The summed E-state index contributed by atoms with van der Waals surface area (Å²) in [5.74, 6) is -0.689. The van der Waals surface area contributed by atoms with Crippen molar-refractivity contribution in [3.63, 3.8) is 0 Å². The van der Waals surface area contributed by atoms with Gasteiger partial charge in [0, 0.05) is 93.5 Å². The first-order valence-corrected chi connectivity index (χ1v) is 24.1. The molecule has 2 saturated heterocycles. The number of carbonyl (C=O) groups is 2. The monoisotopic (exact) mass is 889 g/mol. The molecule has 3 fully saturated rings. The van der Waals surface area contributed by atoms with Gasteiger partial charge in [-0.15, -0.1) is 9.46 Å². The first kappa shape index (κ1) is 43.3. The van der Waals surface area contributed by atoms with Gasteiger partial charge in [-0.1, -0.05) is 36.7 Å². The third-order valence-corrected chi connectivity index (χ3v) is 16.4. The minimum absolute atomic E-state index is 0.0678. The van der Waals surface area contributed by atoms with Crippen molar-refractivity contribution in [1.82, 2.24) is 24.3 Å². The minimum Gasteiger partial charge on any atom is -0.490 e. The van der Waals surface area contributed by atoms with Crippen molar-refractivity contribution < 1.29 is 32.7 Å². The predicted octanol–water partition coefficient (Wildman–Crippen LogP) is 5.39. The smallest absolute Gasteiger partial charge is 0.286 e. The molecular weight excluding hydrogens is 830 g/mol. The zero-order valence-corrected chi connectivity index (χ0v) is 38.1. The van der Waals surface area contributed by atoms with E-state index in [9.17, 15) is 9.59 Å². The van der Waals surface area contributed by atoms with Crippen molar-refractivity contribution in [1.29, 1.82) is 0 Å². The maximum absolute atomic E-state index is 15.2. The summed E-state index contributed by atoms with van der Waals surface area (Å²) in [6.45, 7) is 9.42. The highest BCUT2D eigenvalue weighted by molar-refractivity contribution is 7.92. The highest BCUT2D eigenvalue weighted by atomic mass is 35.5. The number of hydrogen-bond donors (Lipinski definition) is 1. The number of aromatic nitrogens is 2. The molecule has 0 radical (unpaired) electrons. The van der Waals surface area contributed by atoms with Crippen LogP contribution in [-0.4, -0.2) is 134 Å². The molecule has 2 amide bonds. The second-order valence-corrected chi connectivity index (χ2v) is 21.4. The maximum atomic E-state index is 15.2. The fourth-order valence-corrected chi connectivity index (χ4v) is 13.3. The van der Waals surface area contributed by atoms with E-state index in [4.69, 9.17) is 30.5 Å². The van der Waals surface area contributed by atoms with E-state index in [1.807, 2.05) is 31.2 Å². The lowest BCUT2D eigenvalue weighted by Crippen LogP contribution is -2.71. The average Bonchev–Trinajstić information content (AvgIpc) is 3.52. The lowest BCUT2D eigenvalue weighted by atomic mass is 9.68. The molecule has 1 aromatic heterocycles. The number of carbonyl (C=O) groups excluding carboxylic acids is 2. The number of aryl methyl sites for hydroxylation is 2. The Hall–Kier alpha value is -3.99. The molecule has 1 N–H and O–H groups in total. The summed E-state index contributed by atoms with van der Waals surface area (Å²) in [6.07, 6.45) is 9.92. The number of hydrogen-bond acceptors (Lipinski definition) is 11. The molecule has 1 saturated carbocycles. The van der Waals surface area contributed by atoms with Crippen LogP contribution in [0.1, 0.15) is 64.4 Å². The number of methoxy groups -OCH3 is 2. The predicted molar refractivity (Wildman–Crippen MR) is 239 cm³/mol. The van der Waals surface area contributed by atoms with Crippen LogP contribution >= 0.6 is 11.6 Å². The Morgan fingerprint density at radius 3 is 2.60 bits per heavy atom. The van der Waals surface area contributed by atoms with E-state index < -0.39 is 33.8 Å². The third kappa shape index (κ3) is 8.52. The van der Waals surface area contributed by atoms with Crippen LogP contribution in [0.25, 0.3) is 0 Å². The van der Waals surface area contributed by atoms with Gasteiger partial charge in [0.1, 0.15) is 21.2 Å². The molecular formula is C46H60ClN7O7S. The average molecular weight is 891 g/mol. The summed E-state index contributed by atoms with van der Waals surface area (Å²) >= 11 is 6.52. The van der Waals surface area contributed by atoms with Gasteiger partial charge in [0.25, 0.3) is 11.8 Å². The van der Waals surface area contributed by atoms with Gasteiger partial charge in [0.05, 0.1) is 44.0 Å². The zero-order valence-electron chi connectivity index (χ0n) is 36.5. The number of fused-ring (bicyclic) bond motifs is 4. The molecule has 7 atom stereocenters. The maximum Gasteiger partial charge on any atom is 0.286 e. The van der Waals surface area contributed by atoms with E-state index in [0.717, 1.165) is 82.1 Å². The fourth-order valence-electron chi connectivity index (χ4n) is 11.2. The lowest BCUT2D eigenvalue weighted by Gasteiger charge is -2.59. The van der Waals surface area contributed by atoms with Crippen molar-refractivity contribution in [3.05, 3.63) is 82.0 Å². The lowest BCUT2D eigenvalue weighted by molar-refractivity contribution is -0.112. The molecule has 2 bridgehead atoms. The SMILES string of the molecule is COc1nn(C)cc1C(=O)NS1(=O)=NC(=O)c2ccc3c(c2)N(C[C@@H]2CC[C@H]2[C@@H](OC)/C=C/[C@H](OCCN2CC4(CN(C)C4)C2)[C@H](C)C1)C[C@@]1(CCCc2cc(Cl)ccc21)CO3. The molecule has 9 rings (SSSR count). The Morgan fingerprint density at radius 2 is 1.85 bits per heavy atom. The van der Waals surface area contributed by atoms with E-state index in [1.54, 1.807) is 20.2 Å². The number of halogens is 1. The normalized spacial score (nSPS) is 31.3. The number of likely N-dealkylation sites (tertiary alicyclic amines) is 2. The standard InChI is InChI=1S/C46H60ClN7O7S/c1-30-23-62(57,50-43(56)36-22-52(3)48-44(36)59-5)49-42(55)32-9-13-41-38(20-32)54(28-46(29-61-41)16-6-7-31-19-34(47)10-12-37(31)46)21-33-8-11-35(33)40(58-4)15-14-39(30)60-18-17-53-26-45(27-53)24-51(2)25-45/h9-10,12-15,19-20,22,30,33,35,39-40H,6-8,11,16-18,21,23-29H2,1-5H3,(H,49,50,55,56,57)/b15-14+/t30-,33+,35-,39+,40+,46+,62?/m1/s1. The van der Waals surface area contributed by atoms with Crippen molar-refractivity contribution >= 4 is 39.0 Å². The summed E-state index contributed by atoms with van der Waals surface area (Å²) in [7, 11) is 3.22. The molecule has 2 spiro atoms. The van der Waals surface area contributed by atoms with Crippen LogP contribution < -0.4 is 19.1 Å². The second-order valence-electron chi connectivity index (χ2n) is 18.9. The van der Waals surface area contributed by atoms with Crippen LogP contribution in [0.5, 0.6) is 11.6 Å². The Morgan fingerprint density at radius 1 is 1.05 bits per heavy atom. The Balaban J connectivity index is 1.08. The quantitative estimate of drug-likeness (QED) is 0.292. The molecule has 14 nitrogen and oxygen atoms in total. The number of nitrogens with one attached hydrogen (secondary N) is 1. The fraction of sp³-hybridized carbons (Fsp3) is 0.587. The summed E-state index contributed by atoms with van der Waals surface area (Å²) in [5.41, 5.74) is 3.73. The van der Waals surface area contributed by atoms with Crippen LogP contribution in [0.4, 0.5) is 5.69 Å². The molecule has 4 aliphatic heterocycles. The van der Waals surface area contributed by atoms with Crippen molar-refractivity contribution in [2.45, 2.75) is 56.7 Å². The molecule has 62 heavy (non-hydrogen) atoms. The van der Waals surface area contributed by atoms with Gasteiger partial charge in [0.2, 0.25) is 5.88 Å². The van der Waals surface area contributed by atoms with E-state index in [0.29, 0.717) is 36.8 Å². The Kier molecular flexibility index (Phi) is 12.0. The van der Waals surface area contributed by atoms with Gasteiger partial charge < -0.3 is 28.7 Å². The summed E-state index contributed by atoms with van der Waals surface area (Å²) in [5, 5.41) is 4.94. The van der Waals surface area contributed by atoms with Crippen LogP contribution in [0, 0.1) is 23.2 Å². The highest BCUT2D eigenvalue weighted by Crippen LogP contribution is 2.47. The van der Waals surface area contributed by atoms with E-state index in [1.165, 1.54) is 29.1 Å². The van der Waals surface area contributed by atoms with Gasteiger partial charge in [-0.3, -0.25) is 23.9 Å². The van der Waals surface area contributed by atoms with E-state index >= 15 is 4.21 Å². The first-order valence-electron chi connectivity index (χ1n) is 22.0. The molecule has 5 heterocycles. The van der Waals surface area contributed by atoms with E-state index in [-0.39, 0.29) is 40.2 Å². The van der Waals surface area contributed by atoms with Gasteiger partial charge in [-0.05, 0) is 92.4 Å². The topological polar surface area (TPSA) is 140 Å². The molecule has 2 aliphatic carbocycles. The second kappa shape index (κ2) is 17.2. The molecule has 6 aliphatic rings. The van der Waals surface area contributed by atoms with Crippen LogP contribution in [0.2, 0.25) is 5.02 Å². The highest BCUT2D eigenvalue weighted by Gasteiger charge is 2.50. The van der Waals surface area contributed by atoms with Gasteiger partial charge in [-0.2, -0.15) is 0 Å². The Labute approximate surface area is 370 Å². The number of rotatable bonds is 8. The van der Waals surface area contributed by atoms with Gasteiger partial charge in [0.15, 0.2) is 0 Å². The number of nitrogens with zero attached hydrogens (tertiary/aromatic N) is 6. The van der Waals surface area contributed by atoms with Crippen LogP contribution in [-0.2, 0) is 38.3 Å². The Bertz CT molecular complexity index is 2350. The molecule has 16 heteroatoms. The van der Waals surface area contributed by atoms with Crippen molar-refractivity contribution in [2.75, 3.05) is 90.9 Å². The van der Waals surface area contributed by atoms with Gasteiger partial charge >= 0.3 is 0 Å². The molecule has 334 valence electrons. The summed E-state index contributed by atoms with van der Waals surface area (Å²) in [6, 6.07) is 11.6. The third-order valence-electron chi connectivity index (χ3n) is 14.2. The minimum atomic E-state index is -3.77. The zero-order chi connectivity index (χ0) is 43.4. The van der Waals surface area contributed by atoms with Crippen LogP contribution in [0.15, 0.2) is 59.1 Å². The molecule has 1 unspecified atom stereocenters.